The highest BCUT2D eigenvalue weighted by molar-refractivity contribution is 5.70. The van der Waals surface area contributed by atoms with Crippen molar-refractivity contribution in [1.29, 1.82) is 0 Å². The molecule has 5 nitrogen and oxygen atoms in total. The van der Waals surface area contributed by atoms with Crippen LogP contribution in [0.15, 0.2) is 18.2 Å². The molecule has 17 heavy (non-hydrogen) atoms. The molecule has 0 spiro atoms. The van der Waals surface area contributed by atoms with Gasteiger partial charge in [-0.2, -0.15) is 0 Å². The Hall–Kier alpha value is -1.75. The molecule has 5 heteroatoms. The Morgan fingerprint density at radius 2 is 2.00 bits per heavy atom. The highest BCUT2D eigenvalue weighted by atomic mass is 16.5. The van der Waals surface area contributed by atoms with Crippen LogP contribution in [0.3, 0.4) is 0 Å². The lowest BCUT2D eigenvalue weighted by Gasteiger charge is -2.14. The quantitative estimate of drug-likeness (QED) is 0.786. The van der Waals surface area contributed by atoms with E-state index in [1.54, 1.807) is 25.3 Å². The average molecular weight is 240 g/mol. The lowest BCUT2D eigenvalue weighted by Crippen LogP contribution is -2.09. The van der Waals surface area contributed by atoms with E-state index in [-0.39, 0.29) is 6.42 Å². The van der Waals surface area contributed by atoms with Crippen LogP contribution in [-0.4, -0.2) is 32.4 Å². The smallest absolute Gasteiger partial charge is 0.308 e. The van der Waals surface area contributed by atoms with Crippen LogP contribution in [-0.2, 0) is 9.53 Å². The number of hydrogen-bond donors (Lipinski definition) is 1. The second-order valence-electron chi connectivity index (χ2n) is 3.40. The van der Waals surface area contributed by atoms with E-state index in [1.165, 1.54) is 14.2 Å². The molecule has 1 aromatic rings. The maximum absolute atomic E-state index is 11.1. The summed E-state index contributed by atoms with van der Waals surface area (Å²) in [6, 6.07) is 5.00. The summed E-state index contributed by atoms with van der Waals surface area (Å²) in [6.45, 7) is 0. The maximum atomic E-state index is 11.1. The molecule has 0 unspecified atom stereocenters. The van der Waals surface area contributed by atoms with E-state index in [1.807, 2.05) is 0 Å². The molecular weight excluding hydrogens is 224 g/mol. The Bertz CT molecular complexity index is 388. The summed E-state index contributed by atoms with van der Waals surface area (Å²) in [6.07, 6.45) is -1.07. The molecule has 0 aliphatic rings. The molecule has 0 aliphatic heterocycles. The van der Waals surface area contributed by atoms with Gasteiger partial charge in [0.1, 0.15) is 11.5 Å². The maximum Gasteiger partial charge on any atom is 0.308 e. The first kappa shape index (κ1) is 13.3. The van der Waals surface area contributed by atoms with Crippen molar-refractivity contribution in [1.82, 2.24) is 0 Å². The van der Waals surface area contributed by atoms with Crippen molar-refractivity contribution in [2.24, 2.45) is 0 Å². The van der Waals surface area contributed by atoms with Gasteiger partial charge in [-0.05, 0) is 12.1 Å². The van der Waals surface area contributed by atoms with E-state index >= 15 is 0 Å². The molecule has 0 radical (unpaired) electrons. The van der Waals surface area contributed by atoms with E-state index in [4.69, 9.17) is 9.47 Å². The number of benzene rings is 1. The number of carbonyl (C=O) groups is 1. The van der Waals surface area contributed by atoms with Gasteiger partial charge in [-0.15, -0.1) is 0 Å². The van der Waals surface area contributed by atoms with E-state index < -0.39 is 12.1 Å². The molecule has 1 aromatic carbocycles. The number of ether oxygens (including phenoxy) is 3. The van der Waals surface area contributed by atoms with Crippen LogP contribution in [0.4, 0.5) is 0 Å². The highest BCUT2D eigenvalue weighted by Gasteiger charge is 2.17. The number of rotatable bonds is 5. The fourth-order valence-corrected chi connectivity index (χ4v) is 1.44. The number of methoxy groups -OCH3 is 3. The van der Waals surface area contributed by atoms with Crippen LogP contribution >= 0.6 is 0 Å². The first-order valence-electron chi connectivity index (χ1n) is 5.09. The van der Waals surface area contributed by atoms with Crippen molar-refractivity contribution in [3.8, 4) is 11.5 Å². The first-order valence-corrected chi connectivity index (χ1v) is 5.09. The van der Waals surface area contributed by atoms with Gasteiger partial charge >= 0.3 is 5.97 Å². The van der Waals surface area contributed by atoms with E-state index in [0.29, 0.717) is 17.1 Å². The van der Waals surface area contributed by atoms with Gasteiger partial charge < -0.3 is 19.3 Å². The van der Waals surface area contributed by atoms with E-state index in [9.17, 15) is 9.90 Å². The van der Waals surface area contributed by atoms with Gasteiger partial charge in [0.15, 0.2) is 0 Å². The van der Waals surface area contributed by atoms with Gasteiger partial charge in [-0.25, -0.2) is 0 Å². The number of aliphatic hydroxyl groups is 1. The van der Waals surface area contributed by atoms with Crippen molar-refractivity contribution in [3.05, 3.63) is 23.8 Å². The molecule has 0 aliphatic carbocycles. The molecule has 0 fully saturated rings. The van der Waals surface area contributed by atoms with Crippen molar-refractivity contribution in [3.63, 3.8) is 0 Å². The van der Waals surface area contributed by atoms with Crippen LogP contribution in [0.2, 0.25) is 0 Å². The third kappa shape index (κ3) is 3.35. The zero-order chi connectivity index (χ0) is 12.8. The standard InChI is InChI=1S/C12H16O5/c1-15-8-4-5-9(11(6-8)16-2)10(13)7-12(14)17-3/h4-6,10,13H,7H2,1-3H3/t10-/m1/s1. The lowest BCUT2D eigenvalue weighted by atomic mass is 10.1. The number of carbonyl (C=O) groups excluding carboxylic acids is 1. The second-order valence-corrected chi connectivity index (χ2v) is 3.40. The predicted molar refractivity (Wildman–Crippen MR) is 61.1 cm³/mol. The lowest BCUT2D eigenvalue weighted by molar-refractivity contribution is -0.142. The largest absolute Gasteiger partial charge is 0.497 e. The molecule has 1 N–H and O–H groups in total. The summed E-state index contributed by atoms with van der Waals surface area (Å²) in [5, 5.41) is 9.88. The summed E-state index contributed by atoms with van der Waals surface area (Å²) in [7, 11) is 4.31. The van der Waals surface area contributed by atoms with Crippen molar-refractivity contribution in [2.45, 2.75) is 12.5 Å². The van der Waals surface area contributed by atoms with E-state index in [2.05, 4.69) is 4.74 Å². The first-order chi connectivity index (χ1) is 8.12. The van der Waals surface area contributed by atoms with Crippen molar-refractivity contribution >= 4 is 5.97 Å². The van der Waals surface area contributed by atoms with Crippen LogP contribution in [0.5, 0.6) is 11.5 Å². The third-order valence-electron chi connectivity index (χ3n) is 2.39. The second kappa shape index (κ2) is 6.10. The zero-order valence-electron chi connectivity index (χ0n) is 10.1. The fourth-order valence-electron chi connectivity index (χ4n) is 1.44. The summed E-state index contributed by atoms with van der Waals surface area (Å²) >= 11 is 0. The molecule has 0 aromatic heterocycles. The summed E-state index contributed by atoms with van der Waals surface area (Å²) in [4.78, 5) is 11.1. The number of hydrogen-bond acceptors (Lipinski definition) is 5. The van der Waals surface area contributed by atoms with Gasteiger partial charge in [0.05, 0.1) is 33.9 Å². The summed E-state index contributed by atoms with van der Waals surface area (Å²) in [5.74, 6) is 0.618. The monoisotopic (exact) mass is 240 g/mol. The molecule has 94 valence electrons. The average Bonchev–Trinajstić information content (AvgIpc) is 2.37. The van der Waals surface area contributed by atoms with Crippen molar-refractivity contribution < 1.29 is 24.1 Å². The molecular formula is C12H16O5. The minimum Gasteiger partial charge on any atom is -0.497 e. The summed E-state index contributed by atoms with van der Waals surface area (Å²) in [5.41, 5.74) is 0.527. The zero-order valence-corrected chi connectivity index (χ0v) is 10.1. The van der Waals surface area contributed by atoms with Gasteiger partial charge in [-0.3, -0.25) is 4.79 Å². The Balaban J connectivity index is 2.92. The Kier molecular flexibility index (Phi) is 4.78. The minimum absolute atomic E-state index is 0.112. The van der Waals surface area contributed by atoms with Crippen LogP contribution in [0.25, 0.3) is 0 Å². The Morgan fingerprint density at radius 1 is 1.29 bits per heavy atom. The molecule has 0 saturated heterocycles. The topological polar surface area (TPSA) is 65.0 Å². The third-order valence-corrected chi connectivity index (χ3v) is 2.39. The minimum atomic E-state index is -0.955. The number of aliphatic hydroxyl groups excluding tert-OH is 1. The SMILES string of the molecule is COC(=O)C[C@@H](O)c1ccc(OC)cc1OC. The van der Waals surface area contributed by atoms with Gasteiger partial charge in [-0.1, -0.05) is 0 Å². The molecule has 0 heterocycles. The number of esters is 1. The van der Waals surface area contributed by atoms with Crippen LogP contribution in [0.1, 0.15) is 18.1 Å². The predicted octanol–water partition coefficient (Wildman–Crippen LogP) is 1.30. The highest BCUT2D eigenvalue weighted by Crippen LogP contribution is 2.30. The Labute approximate surface area is 99.9 Å². The normalized spacial score (nSPS) is 11.8. The molecule has 0 bridgehead atoms. The van der Waals surface area contributed by atoms with Gasteiger partial charge in [0.25, 0.3) is 0 Å². The van der Waals surface area contributed by atoms with E-state index in [0.717, 1.165) is 0 Å². The van der Waals surface area contributed by atoms with Gasteiger partial charge in [0, 0.05) is 11.6 Å². The van der Waals surface area contributed by atoms with Crippen LogP contribution < -0.4 is 9.47 Å². The van der Waals surface area contributed by atoms with Crippen LogP contribution in [0, 0.1) is 0 Å². The molecule has 0 saturated carbocycles. The van der Waals surface area contributed by atoms with Gasteiger partial charge in [0.2, 0.25) is 0 Å². The fraction of sp³-hybridized carbons (Fsp3) is 0.417. The molecule has 1 rings (SSSR count). The Morgan fingerprint density at radius 3 is 2.53 bits per heavy atom. The summed E-state index contributed by atoms with van der Waals surface area (Å²) < 4.78 is 14.7. The molecule has 1 atom stereocenters. The molecule has 0 amide bonds. The van der Waals surface area contributed by atoms with Crippen molar-refractivity contribution in [2.75, 3.05) is 21.3 Å².